The second-order valence-corrected chi connectivity index (χ2v) is 10.8. The smallest absolute Gasteiger partial charge is 0.248 e. The van der Waals surface area contributed by atoms with Crippen LogP contribution in [-0.4, -0.2) is 50.3 Å². The van der Waals surface area contributed by atoms with Gasteiger partial charge in [-0.25, -0.2) is 9.07 Å². The minimum Gasteiger partial charge on any atom is -0.396 e. The molecule has 2 N–H and O–H groups in total. The highest BCUT2D eigenvalue weighted by molar-refractivity contribution is 6.00. The zero-order valence-electron chi connectivity index (χ0n) is 23.5. The Morgan fingerprint density at radius 3 is 2.44 bits per heavy atom. The number of nitrogens with zero attached hydrogens (tertiary/aromatic N) is 3. The van der Waals surface area contributed by atoms with Gasteiger partial charge in [-0.15, -0.1) is 5.10 Å². The van der Waals surface area contributed by atoms with Gasteiger partial charge in [-0.2, -0.15) is 0 Å². The van der Waals surface area contributed by atoms with Gasteiger partial charge in [0.1, 0.15) is 11.9 Å². The van der Waals surface area contributed by atoms with E-state index in [0.29, 0.717) is 29.8 Å². The van der Waals surface area contributed by atoms with Gasteiger partial charge in [0.2, 0.25) is 11.8 Å². The number of rotatable bonds is 8. The summed E-state index contributed by atoms with van der Waals surface area (Å²) in [4.78, 5) is 29.5. The molecular weight excluding hydrogens is 519 g/mol. The van der Waals surface area contributed by atoms with Crippen molar-refractivity contribution in [1.29, 1.82) is 0 Å². The van der Waals surface area contributed by atoms with E-state index in [1.54, 1.807) is 27.9 Å². The Bertz CT molecular complexity index is 1530. The molecule has 4 aromatic rings. The van der Waals surface area contributed by atoms with E-state index in [0.717, 1.165) is 22.4 Å². The molecular formula is C33H35FN4O3. The minimum atomic E-state index is -0.687. The monoisotopic (exact) mass is 554 g/mol. The minimum absolute atomic E-state index is 0.135. The van der Waals surface area contributed by atoms with Crippen LogP contribution in [0.2, 0.25) is 0 Å². The molecule has 1 aliphatic rings. The van der Waals surface area contributed by atoms with Gasteiger partial charge in [-0.3, -0.25) is 9.59 Å². The number of aromatic nitrogens is 2. The molecule has 8 heteroatoms. The first-order valence-electron chi connectivity index (χ1n) is 14.0. The van der Waals surface area contributed by atoms with E-state index in [2.05, 4.69) is 10.4 Å². The number of para-hydroxylation sites is 1. The summed E-state index contributed by atoms with van der Waals surface area (Å²) in [5.41, 5.74) is 5.19. The van der Waals surface area contributed by atoms with Crippen molar-refractivity contribution in [3.63, 3.8) is 0 Å². The second kappa shape index (κ2) is 12.1. The predicted octanol–water partition coefficient (Wildman–Crippen LogP) is 5.78. The van der Waals surface area contributed by atoms with Crippen LogP contribution in [0, 0.1) is 19.7 Å². The normalized spacial score (nSPS) is 17.4. The van der Waals surface area contributed by atoms with Crippen molar-refractivity contribution in [1.82, 2.24) is 14.7 Å². The van der Waals surface area contributed by atoms with Crippen LogP contribution in [0.1, 0.15) is 48.8 Å². The van der Waals surface area contributed by atoms with Crippen LogP contribution in [-0.2, 0) is 9.59 Å². The number of anilines is 1. The zero-order chi connectivity index (χ0) is 29.1. The van der Waals surface area contributed by atoms with Crippen molar-refractivity contribution in [3.05, 3.63) is 102 Å². The lowest BCUT2D eigenvalue weighted by Gasteiger charge is -2.31. The summed E-state index contributed by atoms with van der Waals surface area (Å²) in [7, 11) is 0. The molecule has 5 rings (SSSR count). The van der Waals surface area contributed by atoms with Gasteiger partial charge in [0.15, 0.2) is 5.82 Å². The number of likely N-dealkylation sites (tertiary alicyclic amines) is 1. The fourth-order valence-electron chi connectivity index (χ4n) is 5.56. The summed E-state index contributed by atoms with van der Waals surface area (Å²) >= 11 is 0. The molecule has 2 amide bonds. The van der Waals surface area contributed by atoms with Crippen LogP contribution < -0.4 is 5.32 Å². The SMILES string of the molecule is Cc1ccc(C(CCO)C(=O)N2[C@@H](C(=O)Nc3nn(-c4ccccc4)cc3-c3ccc(F)cc3)CC[C@@H]2C)cc1C. The first-order valence-corrected chi connectivity index (χ1v) is 14.0. The molecule has 1 aromatic heterocycles. The maximum atomic E-state index is 14.0. The molecule has 1 unspecified atom stereocenters. The summed E-state index contributed by atoms with van der Waals surface area (Å²) in [5.74, 6) is -1.07. The van der Waals surface area contributed by atoms with Crippen LogP contribution in [0.25, 0.3) is 16.8 Å². The van der Waals surface area contributed by atoms with Crippen LogP contribution in [0.4, 0.5) is 10.2 Å². The van der Waals surface area contributed by atoms with Crippen LogP contribution in [0.15, 0.2) is 79.0 Å². The van der Waals surface area contributed by atoms with Gasteiger partial charge in [-0.1, -0.05) is 48.5 Å². The van der Waals surface area contributed by atoms with Crippen molar-refractivity contribution in [2.75, 3.05) is 11.9 Å². The Hall–Kier alpha value is -4.30. The molecule has 0 saturated carbocycles. The van der Waals surface area contributed by atoms with Gasteiger partial charge < -0.3 is 15.3 Å². The Morgan fingerprint density at radius 2 is 1.76 bits per heavy atom. The van der Waals surface area contributed by atoms with Gasteiger partial charge in [0, 0.05) is 24.4 Å². The van der Waals surface area contributed by atoms with E-state index in [1.807, 2.05) is 69.3 Å². The highest BCUT2D eigenvalue weighted by Gasteiger charge is 2.41. The highest BCUT2D eigenvalue weighted by atomic mass is 19.1. The predicted molar refractivity (Wildman–Crippen MR) is 157 cm³/mol. The summed E-state index contributed by atoms with van der Waals surface area (Å²) in [6.07, 6.45) is 3.28. The Morgan fingerprint density at radius 1 is 1.02 bits per heavy atom. The number of halogens is 1. The molecule has 0 aliphatic carbocycles. The van der Waals surface area contributed by atoms with E-state index in [4.69, 9.17) is 0 Å². The number of aryl methyl sites for hydroxylation is 2. The molecule has 0 radical (unpaired) electrons. The molecule has 0 spiro atoms. The third-order valence-corrected chi connectivity index (χ3v) is 8.01. The fraction of sp³-hybridized carbons (Fsp3) is 0.303. The first kappa shape index (κ1) is 28.2. The van der Waals surface area contributed by atoms with Crippen molar-refractivity contribution >= 4 is 17.6 Å². The number of carbonyl (C=O) groups is 2. The highest BCUT2D eigenvalue weighted by Crippen LogP contribution is 2.34. The number of amides is 2. The third-order valence-electron chi connectivity index (χ3n) is 8.01. The maximum absolute atomic E-state index is 14.0. The van der Waals surface area contributed by atoms with Gasteiger partial charge in [0.05, 0.1) is 11.6 Å². The lowest BCUT2D eigenvalue weighted by Crippen LogP contribution is -2.48. The van der Waals surface area contributed by atoms with Crippen molar-refractivity contribution in [2.45, 2.75) is 58.0 Å². The standard InChI is InChI=1S/C33H35FN4O3/c1-21-9-11-25(19-22(21)2)28(17-18-39)33(41)38-23(3)10-16-30(38)32(40)35-31-29(24-12-14-26(34)15-13-24)20-37(36-31)27-7-5-4-6-8-27/h4-9,11-15,19-20,23,28,30,39H,10,16-18H2,1-3H3,(H,35,36,40)/t23-,28?,30+/m0/s1. The quantitative estimate of drug-likeness (QED) is 0.289. The van der Waals surface area contributed by atoms with E-state index >= 15 is 0 Å². The molecule has 212 valence electrons. The van der Waals surface area contributed by atoms with E-state index in [-0.39, 0.29) is 36.7 Å². The maximum Gasteiger partial charge on any atom is 0.248 e. The van der Waals surface area contributed by atoms with Crippen molar-refractivity contribution < 1.29 is 19.1 Å². The molecule has 1 fully saturated rings. The molecule has 2 heterocycles. The van der Waals surface area contributed by atoms with Crippen molar-refractivity contribution in [2.24, 2.45) is 0 Å². The van der Waals surface area contributed by atoms with Gasteiger partial charge in [0.25, 0.3) is 0 Å². The van der Waals surface area contributed by atoms with Gasteiger partial charge in [-0.05, 0) is 86.6 Å². The third kappa shape index (κ3) is 5.93. The van der Waals surface area contributed by atoms with E-state index < -0.39 is 12.0 Å². The van der Waals surface area contributed by atoms with E-state index in [9.17, 15) is 19.1 Å². The summed E-state index contributed by atoms with van der Waals surface area (Å²) < 4.78 is 15.4. The fourth-order valence-corrected chi connectivity index (χ4v) is 5.56. The number of nitrogens with one attached hydrogen (secondary N) is 1. The Balaban J connectivity index is 1.45. The van der Waals surface area contributed by atoms with Gasteiger partial charge >= 0.3 is 0 Å². The molecule has 3 atom stereocenters. The summed E-state index contributed by atoms with van der Waals surface area (Å²) in [6.45, 7) is 5.83. The van der Waals surface area contributed by atoms with Crippen molar-refractivity contribution in [3.8, 4) is 16.8 Å². The summed E-state index contributed by atoms with van der Waals surface area (Å²) in [5, 5.41) is 17.5. The van der Waals surface area contributed by atoms with Crippen LogP contribution >= 0.6 is 0 Å². The number of hydrogen-bond acceptors (Lipinski definition) is 4. The zero-order valence-corrected chi connectivity index (χ0v) is 23.5. The lowest BCUT2D eigenvalue weighted by atomic mass is 9.91. The molecule has 41 heavy (non-hydrogen) atoms. The molecule has 1 aliphatic heterocycles. The first-order chi connectivity index (χ1) is 19.8. The number of hydrogen-bond donors (Lipinski definition) is 2. The summed E-state index contributed by atoms with van der Waals surface area (Å²) in [6, 6.07) is 20.6. The average Bonchev–Trinajstić information content (AvgIpc) is 3.57. The Kier molecular flexibility index (Phi) is 8.31. The lowest BCUT2D eigenvalue weighted by molar-refractivity contribution is -0.140. The van der Waals surface area contributed by atoms with Crippen LogP contribution in [0.5, 0.6) is 0 Å². The number of aliphatic hydroxyl groups is 1. The Labute approximate surface area is 239 Å². The topological polar surface area (TPSA) is 87.5 Å². The number of carbonyl (C=O) groups excluding carboxylic acids is 2. The molecule has 7 nitrogen and oxygen atoms in total. The molecule has 0 bridgehead atoms. The molecule has 3 aromatic carbocycles. The number of aliphatic hydroxyl groups excluding tert-OH is 1. The number of benzene rings is 3. The largest absolute Gasteiger partial charge is 0.396 e. The average molecular weight is 555 g/mol. The molecule has 1 saturated heterocycles. The van der Waals surface area contributed by atoms with Crippen LogP contribution in [0.3, 0.4) is 0 Å². The second-order valence-electron chi connectivity index (χ2n) is 10.8. The van der Waals surface area contributed by atoms with E-state index in [1.165, 1.54) is 12.1 Å².